The molecule has 1 aromatic rings. The van der Waals surface area contributed by atoms with Crippen LogP contribution in [0, 0.1) is 0 Å². The van der Waals surface area contributed by atoms with E-state index in [0.29, 0.717) is 11.6 Å². The topological polar surface area (TPSA) is 73.5 Å². The van der Waals surface area contributed by atoms with Gasteiger partial charge in [-0.05, 0) is 19.1 Å². The van der Waals surface area contributed by atoms with E-state index in [4.69, 9.17) is 23.2 Å². The number of carbonyl (C=O) groups is 2. The van der Waals surface area contributed by atoms with Crippen LogP contribution in [0.3, 0.4) is 0 Å². The minimum absolute atomic E-state index is 0.183. The van der Waals surface area contributed by atoms with Crippen LogP contribution in [0.15, 0.2) is 18.2 Å². The lowest BCUT2D eigenvalue weighted by Crippen LogP contribution is -2.49. The Morgan fingerprint density at radius 2 is 2.00 bits per heavy atom. The molecule has 1 fully saturated rings. The Kier molecular flexibility index (Phi) is 7.30. The number of nitrogens with zero attached hydrogens (tertiary/aromatic N) is 1. The van der Waals surface area contributed by atoms with Crippen LogP contribution in [0.5, 0.6) is 0 Å². The van der Waals surface area contributed by atoms with Gasteiger partial charge >= 0.3 is 0 Å². The third-order valence-corrected chi connectivity index (χ3v) is 4.69. The number of hydrogen-bond donors (Lipinski definition) is 3. The van der Waals surface area contributed by atoms with Crippen molar-refractivity contribution >= 4 is 35.0 Å². The molecule has 1 unspecified atom stereocenters. The summed E-state index contributed by atoms with van der Waals surface area (Å²) in [7, 11) is 0. The highest BCUT2D eigenvalue weighted by atomic mass is 35.5. The number of nitrogens with one attached hydrogen (secondary N) is 3. The molecule has 1 aliphatic rings. The van der Waals surface area contributed by atoms with Crippen LogP contribution < -0.4 is 16.0 Å². The molecule has 2 amide bonds. The molecule has 0 bridgehead atoms. The first-order valence-electron chi connectivity index (χ1n) is 7.94. The summed E-state index contributed by atoms with van der Waals surface area (Å²) >= 11 is 11.9. The van der Waals surface area contributed by atoms with Crippen molar-refractivity contribution in [2.45, 2.75) is 13.0 Å². The Labute approximate surface area is 151 Å². The molecule has 0 radical (unpaired) electrons. The molecule has 2 rings (SSSR count). The highest BCUT2D eigenvalue weighted by Crippen LogP contribution is 2.25. The predicted molar refractivity (Wildman–Crippen MR) is 95.7 cm³/mol. The summed E-state index contributed by atoms with van der Waals surface area (Å²) in [6, 6.07) is 4.16. The van der Waals surface area contributed by atoms with E-state index in [1.54, 1.807) is 25.1 Å². The number of piperazine rings is 1. The van der Waals surface area contributed by atoms with Crippen molar-refractivity contribution in [3.63, 3.8) is 0 Å². The number of carbonyl (C=O) groups excluding carboxylic acids is 2. The molecular formula is C16H22Cl2N4O2. The molecule has 132 valence electrons. The van der Waals surface area contributed by atoms with Crippen molar-refractivity contribution in [1.82, 2.24) is 20.9 Å². The van der Waals surface area contributed by atoms with Gasteiger partial charge in [0.25, 0.3) is 5.91 Å². The fourth-order valence-electron chi connectivity index (χ4n) is 2.44. The highest BCUT2D eigenvalue weighted by molar-refractivity contribution is 6.43. The van der Waals surface area contributed by atoms with Crippen LogP contribution in [-0.2, 0) is 4.79 Å². The van der Waals surface area contributed by atoms with Gasteiger partial charge in [0.2, 0.25) is 5.91 Å². The molecule has 1 heterocycles. The van der Waals surface area contributed by atoms with E-state index >= 15 is 0 Å². The molecule has 1 aliphatic heterocycles. The zero-order valence-electron chi connectivity index (χ0n) is 13.6. The summed E-state index contributed by atoms with van der Waals surface area (Å²) in [5, 5.41) is 9.24. The van der Waals surface area contributed by atoms with E-state index in [2.05, 4.69) is 20.9 Å². The first-order valence-corrected chi connectivity index (χ1v) is 8.70. The molecular weight excluding hydrogens is 351 g/mol. The Morgan fingerprint density at radius 3 is 2.71 bits per heavy atom. The fraction of sp³-hybridized carbons (Fsp3) is 0.500. The van der Waals surface area contributed by atoms with Gasteiger partial charge in [-0.15, -0.1) is 0 Å². The van der Waals surface area contributed by atoms with Gasteiger partial charge in [-0.1, -0.05) is 29.3 Å². The van der Waals surface area contributed by atoms with E-state index in [1.807, 2.05) is 0 Å². The second-order valence-corrected chi connectivity index (χ2v) is 6.46. The molecule has 0 aromatic heterocycles. The minimum Gasteiger partial charge on any atom is -0.353 e. The second kappa shape index (κ2) is 9.22. The summed E-state index contributed by atoms with van der Waals surface area (Å²) in [4.78, 5) is 26.6. The van der Waals surface area contributed by atoms with Crippen LogP contribution in [0.25, 0.3) is 0 Å². The van der Waals surface area contributed by atoms with Crippen LogP contribution in [0.1, 0.15) is 17.3 Å². The van der Waals surface area contributed by atoms with Crippen molar-refractivity contribution in [3.8, 4) is 0 Å². The van der Waals surface area contributed by atoms with Crippen molar-refractivity contribution < 1.29 is 9.59 Å². The minimum atomic E-state index is -0.657. The second-order valence-electron chi connectivity index (χ2n) is 5.68. The molecule has 0 aliphatic carbocycles. The predicted octanol–water partition coefficient (Wildman–Crippen LogP) is 1.13. The number of benzene rings is 1. The van der Waals surface area contributed by atoms with Crippen molar-refractivity contribution in [2.75, 3.05) is 39.3 Å². The smallest absolute Gasteiger partial charge is 0.253 e. The Balaban J connectivity index is 1.78. The van der Waals surface area contributed by atoms with Gasteiger partial charge in [0.15, 0.2) is 0 Å². The lowest BCUT2D eigenvalue weighted by molar-refractivity contribution is -0.122. The zero-order valence-corrected chi connectivity index (χ0v) is 15.1. The number of halogens is 2. The van der Waals surface area contributed by atoms with Gasteiger partial charge in [0.1, 0.15) is 6.04 Å². The Bertz CT molecular complexity index is 591. The van der Waals surface area contributed by atoms with E-state index in [-0.39, 0.29) is 16.5 Å². The lowest BCUT2D eigenvalue weighted by Gasteiger charge is -2.27. The van der Waals surface area contributed by atoms with Gasteiger partial charge in [0, 0.05) is 39.3 Å². The first-order chi connectivity index (χ1) is 11.5. The van der Waals surface area contributed by atoms with Gasteiger partial charge in [-0.2, -0.15) is 0 Å². The average molecular weight is 373 g/mol. The molecule has 8 heteroatoms. The van der Waals surface area contributed by atoms with Crippen molar-refractivity contribution in [3.05, 3.63) is 33.8 Å². The van der Waals surface area contributed by atoms with E-state index in [9.17, 15) is 9.59 Å². The fourth-order valence-corrected chi connectivity index (χ4v) is 2.83. The number of rotatable bonds is 6. The molecule has 0 spiro atoms. The maximum absolute atomic E-state index is 12.2. The Hall–Kier alpha value is -1.34. The van der Waals surface area contributed by atoms with Crippen molar-refractivity contribution in [2.24, 2.45) is 0 Å². The van der Waals surface area contributed by atoms with E-state index in [0.717, 1.165) is 32.7 Å². The largest absolute Gasteiger partial charge is 0.353 e. The van der Waals surface area contributed by atoms with Gasteiger partial charge in [-0.25, -0.2) is 0 Å². The summed E-state index contributed by atoms with van der Waals surface area (Å²) in [5.74, 6) is -0.649. The van der Waals surface area contributed by atoms with Crippen LogP contribution >= 0.6 is 23.2 Å². The third-order valence-electron chi connectivity index (χ3n) is 3.87. The molecule has 1 saturated heterocycles. The zero-order chi connectivity index (χ0) is 17.5. The SMILES string of the molecule is CC(NC(=O)c1cccc(Cl)c1Cl)C(=O)NCCN1CCNCC1. The quantitative estimate of drug-likeness (QED) is 0.699. The van der Waals surface area contributed by atoms with E-state index < -0.39 is 11.9 Å². The number of amides is 2. The maximum Gasteiger partial charge on any atom is 0.253 e. The maximum atomic E-state index is 12.2. The van der Waals surface area contributed by atoms with E-state index in [1.165, 1.54) is 0 Å². The average Bonchev–Trinajstić information content (AvgIpc) is 2.58. The first kappa shape index (κ1) is 19.0. The van der Waals surface area contributed by atoms with Gasteiger partial charge in [0.05, 0.1) is 15.6 Å². The van der Waals surface area contributed by atoms with Crippen molar-refractivity contribution in [1.29, 1.82) is 0 Å². The van der Waals surface area contributed by atoms with Gasteiger partial charge in [-0.3, -0.25) is 14.5 Å². The molecule has 3 N–H and O–H groups in total. The summed E-state index contributed by atoms with van der Waals surface area (Å²) in [5.41, 5.74) is 0.254. The molecule has 1 atom stereocenters. The molecule has 0 saturated carbocycles. The summed E-state index contributed by atoms with van der Waals surface area (Å²) in [6.07, 6.45) is 0. The molecule has 24 heavy (non-hydrogen) atoms. The van der Waals surface area contributed by atoms with Gasteiger partial charge < -0.3 is 16.0 Å². The summed E-state index contributed by atoms with van der Waals surface area (Å²) in [6.45, 7) is 6.90. The standard InChI is InChI=1S/C16H22Cl2N4O2/c1-11(15(23)20-7-10-22-8-5-19-6-9-22)21-16(24)12-3-2-4-13(17)14(12)18/h2-4,11,19H,5-10H2,1H3,(H,20,23)(H,21,24). The molecule has 1 aromatic carbocycles. The highest BCUT2D eigenvalue weighted by Gasteiger charge is 2.19. The normalized spacial score (nSPS) is 16.5. The third kappa shape index (κ3) is 5.34. The lowest BCUT2D eigenvalue weighted by atomic mass is 10.2. The summed E-state index contributed by atoms with van der Waals surface area (Å²) < 4.78 is 0. The Morgan fingerprint density at radius 1 is 1.29 bits per heavy atom. The van der Waals surface area contributed by atoms with Crippen LogP contribution in [0.4, 0.5) is 0 Å². The van der Waals surface area contributed by atoms with Crippen LogP contribution in [0.2, 0.25) is 10.0 Å². The number of hydrogen-bond acceptors (Lipinski definition) is 4. The monoisotopic (exact) mass is 372 g/mol. The molecule has 6 nitrogen and oxygen atoms in total. The van der Waals surface area contributed by atoms with Crippen LogP contribution in [-0.4, -0.2) is 62.0 Å².